The second-order valence-electron chi connectivity index (χ2n) is 2.76. The summed E-state index contributed by atoms with van der Waals surface area (Å²) in [5, 5.41) is 1.13. The maximum atomic E-state index is 5.96. The molecule has 1 unspecified atom stereocenters. The predicted molar refractivity (Wildman–Crippen MR) is 55.5 cm³/mol. The molecule has 66 valence electrons. The van der Waals surface area contributed by atoms with Crippen molar-refractivity contribution in [1.29, 1.82) is 0 Å². The Hall–Kier alpha value is 0.0900. The van der Waals surface area contributed by atoms with E-state index in [0.717, 1.165) is 11.1 Å². The minimum Gasteiger partial charge on any atom is -0.118 e. The molecule has 0 saturated heterocycles. The Kier molecular flexibility index (Phi) is 3.28. The van der Waals surface area contributed by atoms with Crippen LogP contribution in [0.4, 0.5) is 0 Å². The van der Waals surface area contributed by atoms with Crippen LogP contribution in [-0.2, 0) is 0 Å². The zero-order chi connectivity index (χ0) is 9.30. The molecular weight excluding hydrogens is 214 g/mol. The van der Waals surface area contributed by atoms with Crippen molar-refractivity contribution in [3.05, 3.63) is 33.3 Å². The van der Waals surface area contributed by atoms with Crippen molar-refractivity contribution < 1.29 is 0 Å². The van der Waals surface area contributed by atoms with E-state index in [1.807, 2.05) is 26.0 Å². The van der Waals surface area contributed by atoms with Crippen molar-refractivity contribution in [2.45, 2.75) is 19.2 Å². The Balaban J connectivity index is 3.28. The van der Waals surface area contributed by atoms with Crippen molar-refractivity contribution in [1.82, 2.24) is 0 Å². The minimum atomic E-state index is -0.148. The van der Waals surface area contributed by atoms with E-state index in [-0.39, 0.29) is 5.38 Å². The first-order valence-corrected chi connectivity index (χ1v) is 4.81. The van der Waals surface area contributed by atoms with Gasteiger partial charge in [0.05, 0.1) is 5.38 Å². The Morgan fingerprint density at radius 2 is 1.58 bits per heavy atom. The SMILES string of the molecule is Cc1cc(Cl)c(C(C)Cl)c(Cl)c1. The standard InChI is InChI=1S/C9H9Cl3/c1-5-3-7(11)9(6(2)10)8(12)4-5/h3-4,6H,1-2H3. The molecule has 0 aliphatic rings. The molecule has 0 N–H and O–H groups in total. The highest BCUT2D eigenvalue weighted by molar-refractivity contribution is 6.37. The van der Waals surface area contributed by atoms with Gasteiger partial charge in [-0.2, -0.15) is 0 Å². The van der Waals surface area contributed by atoms with Crippen LogP contribution in [-0.4, -0.2) is 0 Å². The van der Waals surface area contributed by atoms with Gasteiger partial charge in [0.15, 0.2) is 0 Å². The zero-order valence-electron chi connectivity index (χ0n) is 6.87. The van der Waals surface area contributed by atoms with Gasteiger partial charge in [-0.3, -0.25) is 0 Å². The van der Waals surface area contributed by atoms with E-state index in [4.69, 9.17) is 34.8 Å². The Morgan fingerprint density at radius 3 is 1.92 bits per heavy atom. The summed E-state index contributed by atoms with van der Waals surface area (Å²) in [6, 6.07) is 3.73. The zero-order valence-corrected chi connectivity index (χ0v) is 9.13. The van der Waals surface area contributed by atoms with Crippen molar-refractivity contribution >= 4 is 34.8 Å². The molecule has 0 radical (unpaired) electrons. The molecule has 0 bridgehead atoms. The van der Waals surface area contributed by atoms with Gasteiger partial charge in [-0.1, -0.05) is 23.2 Å². The summed E-state index contributed by atoms with van der Waals surface area (Å²) >= 11 is 17.8. The van der Waals surface area contributed by atoms with E-state index in [0.29, 0.717) is 10.0 Å². The van der Waals surface area contributed by atoms with Gasteiger partial charge in [0.25, 0.3) is 0 Å². The maximum absolute atomic E-state index is 5.96. The van der Waals surface area contributed by atoms with Gasteiger partial charge >= 0.3 is 0 Å². The van der Waals surface area contributed by atoms with Gasteiger partial charge in [-0.15, -0.1) is 11.6 Å². The summed E-state index contributed by atoms with van der Waals surface area (Å²) in [4.78, 5) is 0. The molecule has 12 heavy (non-hydrogen) atoms. The van der Waals surface area contributed by atoms with Crippen molar-refractivity contribution in [2.75, 3.05) is 0 Å². The number of hydrogen-bond acceptors (Lipinski definition) is 0. The fourth-order valence-electron chi connectivity index (χ4n) is 1.09. The van der Waals surface area contributed by atoms with Gasteiger partial charge in [0.1, 0.15) is 0 Å². The van der Waals surface area contributed by atoms with E-state index in [2.05, 4.69) is 0 Å². The Labute approximate surface area is 87.4 Å². The first kappa shape index (κ1) is 10.2. The average Bonchev–Trinajstić information content (AvgIpc) is 1.82. The van der Waals surface area contributed by atoms with E-state index in [1.54, 1.807) is 0 Å². The van der Waals surface area contributed by atoms with Crippen LogP contribution in [0.2, 0.25) is 10.0 Å². The lowest BCUT2D eigenvalue weighted by Crippen LogP contribution is -1.89. The van der Waals surface area contributed by atoms with Gasteiger partial charge < -0.3 is 0 Å². The molecule has 1 rings (SSSR count). The van der Waals surface area contributed by atoms with Gasteiger partial charge in [0.2, 0.25) is 0 Å². The largest absolute Gasteiger partial charge is 0.118 e. The molecule has 3 heteroatoms. The predicted octanol–water partition coefficient (Wildman–Crippen LogP) is 4.60. The molecule has 1 aromatic rings. The van der Waals surface area contributed by atoms with E-state index >= 15 is 0 Å². The highest BCUT2D eigenvalue weighted by Crippen LogP contribution is 2.34. The molecule has 0 nitrogen and oxygen atoms in total. The van der Waals surface area contributed by atoms with Crippen molar-refractivity contribution in [3.63, 3.8) is 0 Å². The molecule has 0 saturated carbocycles. The minimum absolute atomic E-state index is 0.148. The fourth-order valence-corrected chi connectivity index (χ4v) is 2.36. The van der Waals surface area contributed by atoms with Crippen molar-refractivity contribution in [3.8, 4) is 0 Å². The van der Waals surface area contributed by atoms with E-state index in [1.165, 1.54) is 0 Å². The number of halogens is 3. The Bertz CT molecular complexity index is 269. The van der Waals surface area contributed by atoms with Crippen LogP contribution < -0.4 is 0 Å². The Morgan fingerprint density at radius 1 is 1.17 bits per heavy atom. The highest BCUT2D eigenvalue weighted by atomic mass is 35.5. The van der Waals surface area contributed by atoms with Gasteiger partial charge in [-0.05, 0) is 31.5 Å². The molecule has 0 amide bonds. The van der Waals surface area contributed by atoms with Crippen molar-refractivity contribution in [2.24, 2.45) is 0 Å². The number of rotatable bonds is 1. The molecule has 0 aromatic heterocycles. The average molecular weight is 224 g/mol. The molecule has 1 atom stereocenters. The summed E-state index contributed by atoms with van der Waals surface area (Å²) in [5.41, 5.74) is 1.86. The van der Waals surface area contributed by atoms with E-state index < -0.39 is 0 Å². The van der Waals surface area contributed by atoms with Gasteiger partial charge in [0, 0.05) is 15.6 Å². The van der Waals surface area contributed by atoms with Crippen LogP contribution in [0.1, 0.15) is 23.4 Å². The van der Waals surface area contributed by atoms with E-state index in [9.17, 15) is 0 Å². The highest BCUT2D eigenvalue weighted by Gasteiger charge is 2.11. The lowest BCUT2D eigenvalue weighted by molar-refractivity contribution is 1.08. The number of alkyl halides is 1. The topological polar surface area (TPSA) is 0 Å². The van der Waals surface area contributed by atoms with Crippen LogP contribution in [0, 0.1) is 6.92 Å². The quantitative estimate of drug-likeness (QED) is 0.610. The molecule has 0 spiro atoms. The lowest BCUT2D eigenvalue weighted by atomic mass is 10.1. The van der Waals surface area contributed by atoms with Crippen LogP contribution in [0.15, 0.2) is 12.1 Å². The van der Waals surface area contributed by atoms with Crippen LogP contribution in [0.25, 0.3) is 0 Å². The molecule has 0 fully saturated rings. The number of benzene rings is 1. The third-order valence-corrected chi connectivity index (χ3v) is 2.46. The summed E-state index contributed by atoms with van der Waals surface area (Å²) < 4.78 is 0. The smallest absolute Gasteiger partial charge is 0.0586 e. The number of hydrogen-bond donors (Lipinski definition) is 0. The summed E-state index contributed by atoms with van der Waals surface area (Å²) in [6.07, 6.45) is 0. The van der Waals surface area contributed by atoms with Gasteiger partial charge in [-0.25, -0.2) is 0 Å². The second-order valence-corrected chi connectivity index (χ2v) is 4.23. The van der Waals surface area contributed by atoms with Crippen LogP contribution >= 0.6 is 34.8 Å². The monoisotopic (exact) mass is 222 g/mol. The second kappa shape index (κ2) is 3.87. The summed E-state index contributed by atoms with van der Waals surface area (Å²) in [6.45, 7) is 3.80. The molecular formula is C9H9Cl3. The molecule has 0 heterocycles. The summed E-state index contributed by atoms with van der Waals surface area (Å²) in [5.74, 6) is 0. The molecule has 0 aliphatic carbocycles. The first-order valence-electron chi connectivity index (χ1n) is 3.62. The number of aryl methyl sites for hydroxylation is 1. The third-order valence-electron chi connectivity index (χ3n) is 1.62. The molecule has 1 aromatic carbocycles. The maximum Gasteiger partial charge on any atom is 0.0586 e. The third kappa shape index (κ3) is 2.07. The van der Waals surface area contributed by atoms with Crippen LogP contribution in [0.5, 0.6) is 0 Å². The normalized spacial score (nSPS) is 13.1. The van der Waals surface area contributed by atoms with Crippen LogP contribution in [0.3, 0.4) is 0 Å². The lowest BCUT2D eigenvalue weighted by Gasteiger charge is -2.09. The fraction of sp³-hybridized carbons (Fsp3) is 0.333. The molecule has 0 aliphatic heterocycles. The first-order chi connectivity index (χ1) is 5.52. The summed E-state index contributed by atoms with van der Waals surface area (Å²) in [7, 11) is 0.